The first-order valence-electron chi connectivity index (χ1n) is 22.6. The highest BCUT2D eigenvalue weighted by molar-refractivity contribution is 6.18. The van der Waals surface area contributed by atoms with Gasteiger partial charge in [0.2, 0.25) is 0 Å². The van der Waals surface area contributed by atoms with Gasteiger partial charge in [0.15, 0.2) is 0 Å². The molecule has 9 aromatic carbocycles. The lowest BCUT2D eigenvalue weighted by Crippen LogP contribution is -2.13. The van der Waals surface area contributed by atoms with Gasteiger partial charge >= 0.3 is 0 Å². The van der Waals surface area contributed by atoms with Gasteiger partial charge in [-0.2, -0.15) is 0 Å². The standard InChI is InChI=1S/C60H52N2O2/c1-35(2)41-15-21-47(22-16-41)61(59-37(5)11-9-12-38(59)6)49-25-19-43-29-51-53-33-54-52-30-44-20-26-50(28-46(44)32-56(52)64-58(54)34-57(53)63-55(51)31-45(43)27-49)62(60-39(7)13-10-14-40(60)8)48-23-17-42(18-24-48)36(3)4/h9-36H,1-8H3. The van der Waals surface area contributed by atoms with E-state index in [0.717, 1.165) is 77.4 Å². The summed E-state index contributed by atoms with van der Waals surface area (Å²) in [5.74, 6) is 0.937. The molecule has 0 atom stereocenters. The molecule has 2 aromatic heterocycles. The van der Waals surface area contributed by atoms with E-state index in [1.54, 1.807) is 0 Å². The Labute approximate surface area is 375 Å². The summed E-state index contributed by atoms with van der Waals surface area (Å²) >= 11 is 0. The molecule has 0 fully saturated rings. The molecule has 0 amide bonds. The van der Waals surface area contributed by atoms with Gasteiger partial charge in [0.05, 0.1) is 11.4 Å². The van der Waals surface area contributed by atoms with Crippen LogP contribution in [-0.4, -0.2) is 0 Å². The minimum atomic E-state index is 0.468. The topological polar surface area (TPSA) is 32.8 Å². The Morgan fingerprint density at radius 1 is 0.328 bits per heavy atom. The van der Waals surface area contributed by atoms with Crippen LogP contribution in [0.5, 0.6) is 0 Å². The molecular formula is C60H52N2O2. The van der Waals surface area contributed by atoms with Crippen molar-refractivity contribution in [1.82, 2.24) is 0 Å². The third kappa shape index (κ3) is 6.59. The number of nitrogens with zero attached hydrogens (tertiary/aromatic N) is 2. The number of para-hydroxylation sites is 2. The molecule has 0 unspecified atom stereocenters. The molecule has 4 heteroatoms. The quantitative estimate of drug-likeness (QED) is 0.153. The highest BCUT2D eigenvalue weighted by Crippen LogP contribution is 2.45. The second-order valence-corrected chi connectivity index (χ2v) is 18.5. The maximum absolute atomic E-state index is 6.67. The zero-order chi connectivity index (χ0) is 44.0. The Morgan fingerprint density at radius 3 is 1.05 bits per heavy atom. The minimum absolute atomic E-state index is 0.468. The van der Waals surface area contributed by atoms with Crippen molar-refractivity contribution in [2.24, 2.45) is 0 Å². The summed E-state index contributed by atoms with van der Waals surface area (Å²) in [4.78, 5) is 4.79. The fourth-order valence-corrected chi connectivity index (χ4v) is 9.93. The molecule has 0 saturated carbocycles. The maximum atomic E-state index is 6.67. The Bertz CT molecular complexity index is 3330. The van der Waals surface area contributed by atoms with Crippen molar-refractivity contribution < 1.29 is 8.83 Å². The Morgan fingerprint density at radius 2 is 0.672 bits per heavy atom. The van der Waals surface area contributed by atoms with Gasteiger partial charge in [0.1, 0.15) is 22.3 Å². The Balaban J connectivity index is 0.999. The highest BCUT2D eigenvalue weighted by atomic mass is 16.3. The predicted octanol–water partition coefficient (Wildman–Crippen LogP) is 18.2. The van der Waals surface area contributed by atoms with Gasteiger partial charge in [-0.3, -0.25) is 0 Å². The molecule has 64 heavy (non-hydrogen) atoms. The van der Waals surface area contributed by atoms with E-state index in [2.05, 4.69) is 223 Å². The van der Waals surface area contributed by atoms with E-state index in [0.29, 0.717) is 11.8 Å². The highest BCUT2D eigenvalue weighted by Gasteiger charge is 2.21. The number of hydrogen-bond acceptors (Lipinski definition) is 4. The Kier molecular flexibility index (Phi) is 9.39. The van der Waals surface area contributed by atoms with Crippen LogP contribution in [-0.2, 0) is 0 Å². The summed E-state index contributed by atoms with van der Waals surface area (Å²) in [6, 6.07) is 58.0. The number of aryl methyl sites for hydroxylation is 4. The number of benzene rings is 9. The fourth-order valence-electron chi connectivity index (χ4n) is 9.93. The molecule has 11 aromatic rings. The normalized spacial score (nSPS) is 12.0. The van der Waals surface area contributed by atoms with E-state index in [1.807, 2.05) is 0 Å². The lowest BCUT2D eigenvalue weighted by atomic mass is 10.00. The monoisotopic (exact) mass is 832 g/mol. The van der Waals surface area contributed by atoms with Crippen molar-refractivity contribution >= 4 is 99.5 Å². The molecule has 0 aliphatic rings. The van der Waals surface area contributed by atoms with Crippen LogP contribution in [0.25, 0.3) is 65.4 Å². The van der Waals surface area contributed by atoms with Crippen molar-refractivity contribution in [1.29, 1.82) is 0 Å². The van der Waals surface area contributed by atoms with Gasteiger partial charge in [-0.1, -0.05) is 100 Å². The van der Waals surface area contributed by atoms with E-state index in [1.165, 1.54) is 55.5 Å². The number of hydrogen-bond donors (Lipinski definition) is 0. The second kappa shape index (κ2) is 15.2. The third-order valence-corrected chi connectivity index (χ3v) is 13.4. The lowest BCUT2D eigenvalue weighted by Gasteiger charge is -2.29. The Hall–Kier alpha value is -7.30. The number of fused-ring (bicyclic) bond motifs is 8. The fraction of sp³-hybridized carbons (Fsp3) is 0.167. The molecule has 0 aliphatic heterocycles. The number of anilines is 6. The summed E-state index contributed by atoms with van der Waals surface area (Å²) in [5.41, 5.74) is 17.9. The average Bonchev–Trinajstić information content (AvgIpc) is 3.81. The second-order valence-electron chi connectivity index (χ2n) is 18.5. The molecule has 4 nitrogen and oxygen atoms in total. The van der Waals surface area contributed by atoms with Crippen LogP contribution >= 0.6 is 0 Å². The van der Waals surface area contributed by atoms with Crippen LogP contribution in [0.1, 0.15) is 72.9 Å². The van der Waals surface area contributed by atoms with E-state index in [-0.39, 0.29) is 0 Å². The molecule has 0 saturated heterocycles. The van der Waals surface area contributed by atoms with Crippen LogP contribution in [0.2, 0.25) is 0 Å². The largest absolute Gasteiger partial charge is 0.456 e. The SMILES string of the molecule is Cc1cccc(C)c1N(c1ccc(C(C)C)cc1)c1ccc2cc3c(cc2c1)oc1cc2oc4cc5cc(N(c6ccc(C(C)C)cc6)c6c(C)cccc6C)ccc5cc4c2cc13. The average molecular weight is 833 g/mol. The van der Waals surface area contributed by atoms with Crippen LogP contribution < -0.4 is 9.80 Å². The molecule has 0 spiro atoms. The van der Waals surface area contributed by atoms with Gasteiger partial charge in [0, 0.05) is 50.4 Å². The van der Waals surface area contributed by atoms with E-state index >= 15 is 0 Å². The van der Waals surface area contributed by atoms with Crippen LogP contribution in [0.15, 0.2) is 167 Å². The molecule has 0 bridgehead atoms. The van der Waals surface area contributed by atoms with Gasteiger partial charge in [-0.05, 0) is 173 Å². The molecular weight excluding hydrogens is 781 g/mol. The predicted molar refractivity (Wildman–Crippen MR) is 273 cm³/mol. The number of furan rings is 2. The van der Waals surface area contributed by atoms with E-state index < -0.39 is 0 Å². The van der Waals surface area contributed by atoms with Gasteiger partial charge in [-0.25, -0.2) is 0 Å². The van der Waals surface area contributed by atoms with Crippen molar-refractivity contribution in [3.05, 3.63) is 191 Å². The van der Waals surface area contributed by atoms with Crippen molar-refractivity contribution in [3.63, 3.8) is 0 Å². The summed E-state index contributed by atoms with van der Waals surface area (Å²) in [6.07, 6.45) is 0. The minimum Gasteiger partial charge on any atom is -0.456 e. The van der Waals surface area contributed by atoms with Crippen molar-refractivity contribution in [2.75, 3.05) is 9.80 Å². The molecule has 0 aliphatic carbocycles. The first-order chi connectivity index (χ1) is 31.0. The molecule has 0 radical (unpaired) electrons. The molecule has 11 rings (SSSR count). The van der Waals surface area contributed by atoms with Crippen molar-refractivity contribution in [3.8, 4) is 0 Å². The molecule has 0 N–H and O–H groups in total. The van der Waals surface area contributed by atoms with E-state index in [9.17, 15) is 0 Å². The molecule has 314 valence electrons. The van der Waals surface area contributed by atoms with Gasteiger partial charge < -0.3 is 18.6 Å². The van der Waals surface area contributed by atoms with Crippen LogP contribution in [0.3, 0.4) is 0 Å². The first-order valence-corrected chi connectivity index (χ1v) is 22.6. The number of rotatable bonds is 8. The summed E-state index contributed by atoms with van der Waals surface area (Å²) in [5, 5.41) is 8.95. The summed E-state index contributed by atoms with van der Waals surface area (Å²) in [6.45, 7) is 17.8. The van der Waals surface area contributed by atoms with Crippen LogP contribution in [0.4, 0.5) is 34.1 Å². The van der Waals surface area contributed by atoms with Crippen LogP contribution in [0, 0.1) is 27.7 Å². The van der Waals surface area contributed by atoms with E-state index in [4.69, 9.17) is 8.83 Å². The first kappa shape index (κ1) is 39.5. The lowest BCUT2D eigenvalue weighted by molar-refractivity contribution is 0.656. The smallest absolute Gasteiger partial charge is 0.139 e. The molecule has 2 heterocycles. The zero-order valence-electron chi connectivity index (χ0n) is 37.9. The van der Waals surface area contributed by atoms with Gasteiger partial charge in [-0.15, -0.1) is 0 Å². The third-order valence-electron chi connectivity index (χ3n) is 13.4. The van der Waals surface area contributed by atoms with Crippen molar-refractivity contribution in [2.45, 2.75) is 67.2 Å². The van der Waals surface area contributed by atoms with Gasteiger partial charge in [0.25, 0.3) is 0 Å². The zero-order valence-corrected chi connectivity index (χ0v) is 37.9. The summed E-state index contributed by atoms with van der Waals surface area (Å²) < 4.78 is 13.3. The maximum Gasteiger partial charge on any atom is 0.139 e. The summed E-state index contributed by atoms with van der Waals surface area (Å²) in [7, 11) is 0.